The van der Waals surface area contributed by atoms with Crippen molar-refractivity contribution in [3.63, 3.8) is 0 Å². The van der Waals surface area contributed by atoms with Crippen molar-refractivity contribution in [1.29, 1.82) is 0 Å². The molecule has 3 heterocycles. The molecule has 0 saturated carbocycles. The highest BCUT2D eigenvalue weighted by Crippen LogP contribution is 2.35. The zero-order valence-electron chi connectivity index (χ0n) is 12.9. The molecule has 1 atom stereocenters. The molecule has 1 amide bonds. The lowest BCUT2D eigenvalue weighted by atomic mass is 9.98. The maximum absolute atomic E-state index is 12.6. The number of thioether (sulfide) groups is 1. The van der Waals surface area contributed by atoms with Gasteiger partial charge < -0.3 is 9.42 Å². The van der Waals surface area contributed by atoms with Crippen LogP contribution < -0.4 is 0 Å². The van der Waals surface area contributed by atoms with Gasteiger partial charge in [0.2, 0.25) is 5.91 Å². The van der Waals surface area contributed by atoms with E-state index in [1.54, 1.807) is 11.8 Å². The lowest BCUT2D eigenvalue weighted by molar-refractivity contribution is -0.131. The number of carbonyl (C=O) groups is 1. The lowest BCUT2D eigenvalue weighted by Crippen LogP contribution is -2.40. The zero-order valence-corrected chi connectivity index (χ0v) is 14.5. The number of fused-ring (bicyclic) bond motifs is 1. The summed E-state index contributed by atoms with van der Waals surface area (Å²) >= 11 is 3.41. The van der Waals surface area contributed by atoms with Crippen LogP contribution in [0.25, 0.3) is 0 Å². The second kappa shape index (κ2) is 6.87. The van der Waals surface area contributed by atoms with Crippen LogP contribution in [0.5, 0.6) is 0 Å². The molecule has 2 aromatic rings. The lowest BCUT2D eigenvalue weighted by Gasteiger charge is -2.35. The van der Waals surface area contributed by atoms with Crippen molar-refractivity contribution in [2.75, 3.05) is 12.3 Å². The van der Waals surface area contributed by atoms with Crippen LogP contribution in [-0.2, 0) is 17.0 Å². The van der Waals surface area contributed by atoms with E-state index in [0.717, 1.165) is 30.8 Å². The number of thiophene rings is 1. The van der Waals surface area contributed by atoms with Gasteiger partial charge >= 0.3 is 0 Å². The molecule has 1 aliphatic heterocycles. The number of amides is 1. The van der Waals surface area contributed by atoms with Gasteiger partial charge in [-0.2, -0.15) is 0 Å². The number of aryl methyl sites for hydroxylation is 1. The number of hydrogen-bond donors (Lipinski definition) is 0. The van der Waals surface area contributed by atoms with E-state index in [1.807, 2.05) is 29.2 Å². The van der Waals surface area contributed by atoms with Crippen LogP contribution in [0, 0.1) is 6.92 Å². The topological polar surface area (TPSA) is 46.3 Å². The van der Waals surface area contributed by atoms with Crippen LogP contribution in [-0.4, -0.2) is 28.3 Å². The van der Waals surface area contributed by atoms with Crippen molar-refractivity contribution >= 4 is 29.0 Å². The smallest absolute Gasteiger partial charge is 0.233 e. The van der Waals surface area contributed by atoms with Crippen molar-refractivity contribution < 1.29 is 9.32 Å². The van der Waals surface area contributed by atoms with Gasteiger partial charge in [0.1, 0.15) is 5.76 Å². The van der Waals surface area contributed by atoms with E-state index in [-0.39, 0.29) is 11.9 Å². The Bertz CT molecular complexity index is 650. The summed E-state index contributed by atoms with van der Waals surface area (Å²) in [5.41, 5.74) is 2.23. The Labute approximate surface area is 138 Å². The van der Waals surface area contributed by atoms with Gasteiger partial charge in [-0.05, 0) is 36.8 Å². The summed E-state index contributed by atoms with van der Waals surface area (Å²) in [6.45, 7) is 4.90. The van der Waals surface area contributed by atoms with E-state index in [1.165, 1.54) is 10.4 Å². The summed E-state index contributed by atoms with van der Waals surface area (Å²) in [7, 11) is 0. The van der Waals surface area contributed by atoms with Crippen LogP contribution in [0.15, 0.2) is 22.0 Å². The molecule has 118 valence electrons. The Hall–Kier alpha value is -1.27. The third-order valence-corrected chi connectivity index (χ3v) is 5.88. The van der Waals surface area contributed by atoms with Gasteiger partial charge in [0.15, 0.2) is 0 Å². The van der Waals surface area contributed by atoms with Crippen LogP contribution in [0.2, 0.25) is 0 Å². The number of rotatable bonds is 5. The average molecular weight is 336 g/mol. The average Bonchev–Trinajstić information content (AvgIpc) is 3.14. The van der Waals surface area contributed by atoms with E-state index in [2.05, 4.69) is 23.5 Å². The summed E-state index contributed by atoms with van der Waals surface area (Å²) in [5.74, 6) is 2.25. The molecule has 0 N–H and O–H groups in total. The van der Waals surface area contributed by atoms with Gasteiger partial charge in [-0.1, -0.05) is 12.1 Å². The maximum Gasteiger partial charge on any atom is 0.233 e. The molecule has 22 heavy (non-hydrogen) atoms. The minimum absolute atomic E-state index is 0.227. The van der Waals surface area contributed by atoms with E-state index in [0.29, 0.717) is 11.5 Å². The van der Waals surface area contributed by atoms with Crippen LogP contribution >= 0.6 is 23.1 Å². The number of hydrogen-bond acceptors (Lipinski definition) is 5. The molecule has 0 aliphatic carbocycles. The molecule has 2 aromatic heterocycles. The highest BCUT2D eigenvalue weighted by molar-refractivity contribution is 7.99. The first-order valence-corrected chi connectivity index (χ1v) is 9.58. The SMILES string of the molecule is CC[C@@H]1c2ccsc2CCN1C(=O)CSCc1cc(C)no1. The van der Waals surface area contributed by atoms with E-state index in [9.17, 15) is 4.79 Å². The quantitative estimate of drug-likeness (QED) is 0.833. The van der Waals surface area contributed by atoms with Gasteiger partial charge in [-0.25, -0.2) is 0 Å². The minimum Gasteiger partial charge on any atom is -0.360 e. The Kier molecular flexibility index (Phi) is 4.88. The van der Waals surface area contributed by atoms with E-state index >= 15 is 0 Å². The third kappa shape index (κ3) is 3.22. The predicted molar refractivity (Wildman–Crippen MR) is 90.2 cm³/mol. The Morgan fingerprint density at radius 1 is 1.59 bits per heavy atom. The van der Waals surface area contributed by atoms with Crippen molar-refractivity contribution in [2.24, 2.45) is 0 Å². The number of nitrogens with zero attached hydrogens (tertiary/aromatic N) is 2. The van der Waals surface area contributed by atoms with Crippen molar-refractivity contribution in [1.82, 2.24) is 10.1 Å². The first kappa shape index (κ1) is 15.6. The molecule has 4 nitrogen and oxygen atoms in total. The summed E-state index contributed by atoms with van der Waals surface area (Å²) in [6.07, 6.45) is 1.96. The molecule has 0 bridgehead atoms. The molecule has 0 fully saturated rings. The van der Waals surface area contributed by atoms with Crippen LogP contribution in [0.4, 0.5) is 0 Å². The Morgan fingerprint density at radius 2 is 2.45 bits per heavy atom. The normalized spacial score (nSPS) is 17.5. The zero-order chi connectivity index (χ0) is 15.5. The molecule has 0 saturated heterocycles. The minimum atomic E-state index is 0.227. The standard InChI is InChI=1S/C16H20N2O2S2/c1-3-14-13-5-7-22-15(13)4-6-18(14)16(19)10-21-9-12-8-11(2)17-20-12/h5,7-8,14H,3-4,6,9-10H2,1-2H3/t14-/m1/s1. The van der Waals surface area contributed by atoms with Gasteiger partial charge in [0.25, 0.3) is 0 Å². The highest BCUT2D eigenvalue weighted by atomic mass is 32.2. The maximum atomic E-state index is 12.6. The van der Waals surface area contributed by atoms with Crippen molar-refractivity contribution in [3.05, 3.63) is 39.4 Å². The molecular weight excluding hydrogens is 316 g/mol. The second-order valence-electron chi connectivity index (χ2n) is 5.49. The first-order chi connectivity index (χ1) is 10.7. The largest absolute Gasteiger partial charge is 0.360 e. The summed E-state index contributed by atoms with van der Waals surface area (Å²) in [4.78, 5) is 16.1. The molecule has 0 radical (unpaired) electrons. The Morgan fingerprint density at radius 3 is 3.18 bits per heavy atom. The van der Waals surface area contributed by atoms with Crippen molar-refractivity contribution in [3.8, 4) is 0 Å². The van der Waals surface area contributed by atoms with Gasteiger partial charge in [-0.3, -0.25) is 4.79 Å². The Balaban J connectivity index is 1.58. The summed E-state index contributed by atoms with van der Waals surface area (Å²) < 4.78 is 5.18. The molecule has 1 aliphatic rings. The van der Waals surface area contributed by atoms with Gasteiger partial charge in [0, 0.05) is 17.5 Å². The van der Waals surface area contributed by atoms with E-state index < -0.39 is 0 Å². The van der Waals surface area contributed by atoms with Gasteiger partial charge in [-0.15, -0.1) is 23.1 Å². The molecular formula is C16H20N2O2S2. The molecule has 0 aromatic carbocycles. The molecule has 3 rings (SSSR count). The fourth-order valence-electron chi connectivity index (χ4n) is 2.94. The molecule has 0 spiro atoms. The fourth-order valence-corrected chi connectivity index (χ4v) is 4.65. The predicted octanol–water partition coefficient (Wildman–Crippen LogP) is 3.81. The third-order valence-electron chi connectivity index (χ3n) is 3.95. The van der Waals surface area contributed by atoms with Crippen LogP contribution in [0.3, 0.4) is 0 Å². The first-order valence-electron chi connectivity index (χ1n) is 7.54. The second-order valence-corrected chi connectivity index (χ2v) is 7.47. The monoisotopic (exact) mass is 336 g/mol. The molecule has 6 heteroatoms. The van der Waals surface area contributed by atoms with Crippen LogP contribution in [0.1, 0.15) is 41.3 Å². The highest BCUT2D eigenvalue weighted by Gasteiger charge is 2.29. The van der Waals surface area contributed by atoms with E-state index in [4.69, 9.17) is 4.52 Å². The number of aromatic nitrogens is 1. The fraction of sp³-hybridized carbons (Fsp3) is 0.500. The number of carbonyl (C=O) groups excluding carboxylic acids is 1. The summed E-state index contributed by atoms with van der Waals surface area (Å²) in [6, 6.07) is 4.35. The van der Waals surface area contributed by atoms with Gasteiger partial charge in [0.05, 0.1) is 23.2 Å². The summed E-state index contributed by atoms with van der Waals surface area (Å²) in [5, 5.41) is 6.01. The van der Waals surface area contributed by atoms with Crippen molar-refractivity contribution in [2.45, 2.75) is 38.5 Å². The molecule has 0 unspecified atom stereocenters.